The lowest BCUT2D eigenvalue weighted by Crippen LogP contribution is -1.84. The first kappa shape index (κ1) is 10.1. The summed E-state index contributed by atoms with van der Waals surface area (Å²) in [6.45, 7) is 0. The van der Waals surface area contributed by atoms with E-state index in [1.165, 1.54) is 0 Å². The van der Waals surface area contributed by atoms with E-state index >= 15 is 0 Å². The molecule has 0 fully saturated rings. The van der Waals surface area contributed by atoms with Gasteiger partial charge in [-0.1, -0.05) is 41.9 Å². The lowest BCUT2D eigenvalue weighted by atomic mass is 10.1. The molecule has 1 radical (unpaired) electrons. The van der Waals surface area contributed by atoms with Gasteiger partial charge in [-0.2, -0.15) is 0 Å². The van der Waals surface area contributed by atoms with Crippen LogP contribution in [-0.4, -0.2) is 7.11 Å². The summed E-state index contributed by atoms with van der Waals surface area (Å²) >= 11 is 6.06. The molecule has 75 valence electrons. The molecule has 0 atom stereocenters. The number of halogens is 1. The molecule has 0 saturated carbocycles. The van der Waals surface area contributed by atoms with Crippen molar-refractivity contribution in [2.45, 2.75) is 0 Å². The number of benzene rings is 2. The average molecular weight is 218 g/mol. The first-order valence-corrected chi connectivity index (χ1v) is 4.99. The predicted molar refractivity (Wildman–Crippen MR) is 62.3 cm³/mol. The molecule has 15 heavy (non-hydrogen) atoms. The third-order valence-corrected chi connectivity index (χ3v) is 2.50. The van der Waals surface area contributed by atoms with E-state index in [-0.39, 0.29) is 0 Å². The van der Waals surface area contributed by atoms with Gasteiger partial charge in [-0.25, -0.2) is 0 Å². The average Bonchev–Trinajstić information content (AvgIpc) is 2.30. The highest BCUT2D eigenvalue weighted by atomic mass is 35.5. The van der Waals surface area contributed by atoms with Crippen LogP contribution in [0.5, 0.6) is 5.75 Å². The van der Waals surface area contributed by atoms with Gasteiger partial charge in [0.25, 0.3) is 0 Å². The monoisotopic (exact) mass is 217 g/mol. The molecule has 2 aromatic carbocycles. The number of hydrogen-bond acceptors (Lipinski definition) is 1. The SMILES string of the molecule is COc1cccc(-c2ccc[c]c2Cl)c1. The van der Waals surface area contributed by atoms with Gasteiger partial charge in [-0.3, -0.25) is 0 Å². The normalized spacial score (nSPS) is 10.0. The summed E-state index contributed by atoms with van der Waals surface area (Å²) in [5.41, 5.74) is 2.01. The summed E-state index contributed by atoms with van der Waals surface area (Å²) in [5.74, 6) is 0.826. The molecule has 0 aliphatic rings. The van der Waals surface area contributed by atoms with Crippen LogP contribution < -0.4 is 4.74 Å². The van der Waals surface area contributed by atoms with Crippen molar-refractivity contribution in [1.82, 2.24) is 0 Å². The molecule has 0 bridgehead atoms. The van der Waals surface area contributed by atoms with Gasteiger partial charge in [0, 0.05) is 11.6 Å². The highest BCUT2D eigenvalue weighted by Crippen LogP contribution is 2.29. The zero-order valence-corrected chi connectivity index (χ0v) is 9.08. The van der Waals surface area contributed by atoms with E-state index in [0.717, 1.165) is 16.9 Å². The molecule has 0 unspecified atom stereocenters. The molecule has 0 aromatic heterocycles. The van der Waals surface area contributed by atoms with Crippen LogP contribution in [0, 0.1) is 6.07 Å². The minimum Gasteiger partial charge on any atom is -0.497 e. The molecule has 2 heteroatoms. The highest BCUT2D eigenvalue weighted by Gasteiger charge is 2.03. The molecule has 2 aromatic rings. The molecule has 0 aliphatic carbocycles. The minimum absolute atomic E-state index is 0.630. The molecule has 0 amide bonds. The fourth-order valence-corrected chi connectivity index (χ4v) is 1.67. The van der Waals surface area contributed by atoms with E-state index in [2.05, 4.69) is 6.07 Å². The Morgan fingerprint density at radius 3 is 2.80 bits per heavy atom. The molecule has 0 aliphatic heterocycles. The van der Waals surface area contributed by atoms with Crippen molar-refractivity contribution in [1.29, 1.82) is 0 Å². The van der Waals surface area contributed by atoms with Gasteiger partial charge in [0.05, 0.1) is 12.1 Å². The third-order valence-electron chi connectivity index (χ3n) is 2.19. The first-order chi connectivity index (χ1) is 7.31. The Labute approximate surface area is 94.3 Å². The number of rotatable bonds is 2. The van der Waals surface area contributed by atoms with Crippen LogP contribution in [0.2, 0.25) is 5.02 Å². The van der Waals surface area contributed by atoms with Gasteiger partial charge in [-0.05, 0) is 17.7 Å². The highest BCUT2D eigenvalue weighted by molar-refractivity contribution is 6.33. The van der Waals surface area contributed by atoms with Gasteiger partial charge < -0.3 is 4.74 Å². The standard InChI is InChI=1S/C13H10ClO/c1-15-11-6-4-5-10(9-11)12-7-2-3-8-13(12)14/h2-7,9H,1H3. The Bertz CT molecular complexity index is 466. The van der Waals surface area contributed by atoms with Crippen LogP contribution in [0.3, 0.4) is 0 Å². The second-order valence-corrected chi connectivity index (χ2v) is 3.51. The van der Waals surface area contributed by atoms with Crippen LogP contribution >= 0.6 is 11.6 Å². The largest absolute Gasteiger partial charge is 0.497 e. The lowest BCUT2D eigenvalue weighted by Gasteiger charge is -2.05. The van der Waals surface area contributed by atoms with Gasteiger partial charge in [0.2, 0.25) is 0 Å². The molecule has 1 nitrogen and oxygen atoms in total. The second kappa shape index (κ2) is 4.37. The maximum Gasteiger partial charge on any atom is 0.119 e. The van der Waals surface area contributed by atoms with Gasteiger partial charge in [0.15, 0.2) is 0 Å². The van der Waals surface area contributed by atoms with E-state index in [1.54, 1.807) is 13.2 Å². The van der Waals surface area contributed by atoms with Crippen LogP contribution in [-0.2, 0) is 0 Å². The number of methoxy groups -OCH3 is 1. The van der Waals surface area contributed by atoms with E-state index in [4.69, 9.17) is 16.3 Å². The summed E-state index contributed by atoms with van der Waals surface area (Å²) in [7, 11) is 1.65. The van der Waals surface area contributed by atoms with E-state index in [0.29, 0.717) is 5.02 Å². The van der Waals surface area contributed by atoms with Crippen LogP contribution in [0.25, 0.3) is 11.1 Å². The molecule has 0 spiro atoms. The second-order valence-electron chi connectivity index (χ2n) is 3.13. The van der Waals surface area contributed by atoms with E-state index in [9.17, 15) is 0 Å². The van der Waals surface area contributed by atoms with Gasteiger partial charge >= 0.3 is 0 Å². The Hall–Kier alpha value is -1.47. The third kappa shape index (κ3) is 2.13. The van der Waals surface area contributed by atoms with Crippen molar-refractivity contribution in [2.75, 3.05) is 7.11 Å². The Morgan fingerprint density at radius 1 is 1.20 bits per heavy atom. The predicted octanol–water partition coefficient (Wildman–Crippen LogP) is 3.82. The van der Waals surface area contributed by atoms with Crippen molar-refractivity contribution in [3.8, 4) is 16.9 Å². The van der Waals surface area contributed by atoms with Crippen molar-refractivity contribution < 1.29 is 4.74 Å². The zero-order chi connectivity index (χ0) is 10.7. The molecule has 0 saturated heterocycles. The smallest absolute Gasteiger partial charge is 0.119 e. The molecule has 2 rings (SSSR count). The fourth-order valence-electron chi connectivity index (χ4n) is 1.43. The lowest BCUT2D eigenvalue weighted by molar-refractivity contribution is 0.415. The molecular weight excluding hydrogens is 208 g/mol. The van der Waals surface area contributed by atoms with Crippen molar-refractivity contribution >= 4 is 11.6 Å². The van der Waals surface area contributed by atoms with Crippen LogP contribution in [0.1, 0.15) is 0 Å². The summed E-state index contributed by atoms with van der Waals surface area (Å²) in [6.07, 6.45) is 0. The summed E-state index contributed by atoms with van der Waals surface area (Å²) in [6, 6.07) is 16.4. The number of ether oxygens (including phenoxy) is 1. The molecular formula is C13H10ClO. The van der Waals surface area contributed by atoms with Crippen molar-refractivity contribution in [2.24, 2.45) is 0 Å². The fraction of sp³-hybridized carbons (Fsp3) is 0.0769. The summed E-state index contributed by atoms with van der Waals surface area (Å²) < 4.78 is 5.16. The van der Waals surface area contributed by atoms with E-state index < -0.39 is 0 Å². The molecule has 0 heterocycles. The number of hydrogen-bond donors (Lipinski definition) is 0. The van der Waals surface area contributed by atoms with Crippen LogP contribution in [0.15, 0.2) is 42.5 Å². The van der Waals surface area contributed by atoms with Crippen molar-refractivity contribution in [3.05, 3.63) is 53.6 Å². The van der Waals surface area contributed by atoms with Gasteiger partial charge in [0.1, 0.15) is 5.75 Å². The van der Waals surface area contributed by atoms with E-state index in [1.807, 2.05) is 36.4 Å². The molecule has 0 N–H and O–H groups in total. The minimum atomic E-state index is 0.630. The van der Waals surface area contributed by atoms with Crippen LogP contribution in [0.4, 0.5) is 0 Å². The maximum absolute atomic E-state index is 6.06. The topological polar surface area (TPSA) is 9.23 Å². The van der Waals surface area contributed by atoms with Gasteiger partial charge in [-0.15, -0.1) is 0 Å². The zero-order valence-electron chi connectivity index (χ0n) is 8.33. The Balaban J connectivity index is 2.49. The Morgan fingerprint density at radius 2 is 2.07 bits per heavy atom. The maximum atomic E-state index is 6.06. The quantitative estimate of drug-likeness (QED) is 0.743. The first-order valence-electron chi connectivity index (χ1n) is 4.62. The van der Waals surface area contributed by atoms with Crippen molar-refractivity contribution in [3.63, 3.8) is 0 Å². The Kier molecular flexibility index (Phi) is 2.93. The summed E-state index contributed by atoms with van der Waals surface area (Å²) in [5, 5.41) is 0.630. The summed E-state index contributed by atoms with van der Waals surface area (Å²) in [4.78, 5) is 0.